The van der Waals surface area contributed by atoms with Gasteiger partial charge in [0, 0.05) is 12.2 Å². The van der Waals surface area contributed by atoms with Crippen LogP contribution in [0.1, 0.15) is 6.42 Å². The van der Waals surface area contributed by atoms with Crippen LogP contribution in [0, 0.1) is 0 Å². The summed E-state index contributed by atoms with van der Waals surface area (Å²) in [6, 6.07) is 12.1. The first kappa shape index (κ1) is 12.9. The van der Waals surface area contributed by atoms with Crippen molar-refractivity contribution in [1.29, 1.82) is 0 Å². The highest BCUT2D eigenvalue weighted by molar-refractivity contribution is 5.97. The van der Waals surface area contributed by atoms with Crippen LogP contribution >= 0.6 is 0 Å². The fourth-order valence-corrected chi connectivity index (χ4v) is 2.56. The standard InChI is InChI=1S/C16H18N2O2/c1-20-15-6-4-12-9-14(5-3-13(12)10-15)18-8-2-7-17-11-16(18)19/h3-6,9-10,17H,2,7-8,11H2,1H3. The fraction of sp³-hybridized carbons (Fsp3) is 0.312. The van der Waals surface area contributed by atoms with Crippen LogP contribution in [0.3, 0.4) is 0 Å². The summed E-state index contributed by atoms with van der Waals surface area (Å²) in [6.45, 7) is 2.08. The molecule has 0 saturated carbocycles. The van der Waals surface area contributed by atoms with Crippen LogP contribution in [-0.4, -0.2) is 32.7 Å². The Balaban J connectivity index is 1.97. The number of nitrogens with zero attached hydrogens (tertiary/aromatic N) is 1. The van der Waals surface area contributed by atoms with Crippen molar-refractivity contribution in [1.82, 2.24) is 5.32 Å². The second-order valence-corrected chi connectivity index (χ2v) is 4.97. The Hall–Kier alpha value is -2.07. The number of anilines is 1. The first-order valence-electron chi connectivity index (χ1n) is 6.87. The van der Waals surface area contributed by atoms with E-state index in [9.17, 15) is 4.79 Å². The molecule has 4 nitrogen and oxygen atoms in total. The van der Waals surface area contributed by atoms with E-state index >= 15 is 0 Å². The van der Waals surface area contributed by atoms with Gasteiger partial charge in [-0.1, -0.05) is 12.1 Å². The first-order valence-corrected chi connectivity index (χ1v) is 6.87. The Kier molecular flexibility index (Phi) is 3.56. The average molecular weight is 270 g/mol. The van der Waals surface area contributed by atoms with E-state index in [0.717, 1.165) is 41.7 Å². The molecule has 0 aliphatic carbocycles. The van der Waals surface area contributed by atoms with Crippen molar-refractivity contribution in [2.75, 3.05) is 31.6 Å². The molecule has 0 unspecified atom stereocenters. The molecule has 104 valence electrons. The summed E-state index contributed by atoms with van der Waals surface area (Å²) in [7, 11) is 1.67. The van der Waals surface area contributed by atoms with Gasteiger partial charge >= 0.3 is 0 Å². The van der Waals surface area contributed by atoms with Gasteiger partial charge in [0.1, 0.15) is 5.75 Å². The highest BCUT2D eigenvalue weighted by Crippen LogP contribution is 2.26. The van der Waals surface area contributed by atoms with Crippen LogP contribution in [0.5, 0.6) is 5.75 Å². The third-order valence-corrected chi connectivity index (χ3v) is 3.66. The molecular formula is C16H18N2O2. The van der Waals surface area contributed by atoms with Crippen molar-refractivity contribution in [2.45, 2.75) is 6.42 Å². The molecule has 0 aromatic heterocycles. The van der Waals surface area contributed by atoms with E-state index in [4.69, 9.17) is 4.74 Å². The fourth-order valence-electron chi connectivity index (χ4n) is 2.56. The third-order valence-electron chi connectivity index (χ3n) is 3.66. The topological polar surface area (TPSA) is 41.6 Å². The number of hydrogen-bond donors (Lipinski definition) is 1. The van der Waals surface area contributed by atoms with Crippen molar-refractivity contribution < 1.29 is 9.53 Å². The number of hydrogen-bond acceptors (Lipinski definition) is 3. The van der Waals surface area contributed by atoms with E-state index in [1.165, 1.54) is 0 Å². The molecule has 0 spiro atoms. The number of nitrogens with one attached hydrogen (secondary N) is 1. The van der Waals surface area contributed by atoms with E-state index in [0.29, 0.717) is 6.54 Å². The summed E-state index contributed by atoms with van der Waals surface area (Å²) in [5.41, 5.74) is 0.969. The summed E-state index contributed by atoms with van der Waals surface area (Å²) in [6.07, 6.45) is 0.979. The van der Waals surface area contributed by atoms with Crippen molar-refractivity contribution >= 4 is 22.4 Å². The van der Waals surface area contributed by atoms with Gasteiger partial charge in [-0.3, -0.25) is 4.79 Å². The van der Waals surface area contributed by atoms with Gasteiger partial charge in [0.15, 0.2) is 0 Å². The highest BCUT2D eigenvalue weighted by Gasteiger charge is 2.17. The molecule has 0 radical (unpaired) electrons. The Morgan fingerprint density at radius 1 is 1.15 bits per heavy atom. The van der Waals surface area contributed by atoms with Crippen LogP contribution in [0.15, 0.2) is 36.4 Å². The van der Waals surface area contributed by atoms with Gasteiger partial charge in [-0.25, -0.2) is 0 Å². The summed E-state index contributed by atoms with van der Waals surface area (Å²) < 4.78 is 5.23. The molecule has 1 amide bonds. The van der Waals surface area contributed by atoms with E-state index in [1.807, 2.05) is 35.2 Å². The van der Waals surface area contributed by atoms with Crippen molar-refractivity contribution in [2.24, 2.45) is 0 Å². The van der Waals surface area contributed by atoms with Crippen molar-refractivity contribution in [3.05, 3.63) is 36.4 Å². The monoisotopic (exact) mass is 270 g/mol. The number of amides is 1. The summed E-state index contributed by atoms with van der Waals surface area (Å²) >= 11 is 0. The van der Waals surface area contributed by atoms with Crippen molar-refractivity contribution in [3.63, 3.8) is 0 Å². The number of rotatable bonds is 2. The lowest BCUT2D eigenvalue weighted by atomic mass is 10.1. The van der Waals surface area contributed by atoms with E-state index in [-0.39, 0.29) is 5.91 Å². The van der Waals surface area contributed by atoms with E-state index in [1.54, 1.807) is 7.11 Å². The largest absolute Gasteiger partial charge is 0.497 e. The van der Waals surface area contributed by atoms with Gasteiger partial charge in [-0.05, 0) is 48.0 Å². The number of fused-ring (bicyclic) bond motifs is 1. The first-order chi connectivity index (χ1) is 9.78. The van der Waals surface area contributed by atoms with Crippen LogP contribution in [-0.2, 0) is 4.79 Å². The summed E-state index contributed by atoms with van der Waals surface area (Å²) in [5.74, 6) is 0.982. The zero-order chi connectivity index (χ0) is 13.9. The minimum Gasteiger partial charge on any atom is -0.497 e. The van der Waals surface area contributed by atoms with Crippen molar-refractivity contribution in [3.8, 4) is 5.75 Å². The predicted octanol–water partition coefficient (Wildman–Crippen LogP) is 2.17. The van der Waals surface area contributed by atoms with Crippen LogP contribution < -0.4 is 15.0 Å². The lowest BCUT2D eigenvalue weighted by molar-refractivity contribution is -0.117. The van der Waals surface area contributed by atoms with Gasteiger partial charge in [-0.2, -0.15) is 0 Å². The van der Waals surface area contributed by atoms with Gasteiger partial charge in [0.2, 0.25) is 5.91 Å². The number of methoxy groups -OCH3 is 1. The van der Waals surface area contributed by atoms with Crippen LogP contribution in [0.25, 0.3) is 10.8 Å². The second-order valence-electron chi connectivity index (χ2n) is 4.97. The zero-order valence-electron chi connectivity index (χ0n) is 11.6. The zero-order valence-corrected chi connectivity index (χ0v) is 11.6. The molecule has 1 N–H and O–H groups in total. The number of carbonyl (C=O) groups is 1. The number of benzene rings is 2. The van der Waals surface area contributed by atoms with E-state index < -0.39 is 0 Å². The minimum atomic E-state index is 0.135. The predicted molar refractivity (Wildman–Crippen MR) is 80.3 cm³/mol. The van der Waals surface area contributed by atoms with Crippen LogP contribution in [0.4, 0.5) is 5.69 Å². The smallest absolute Gasteiger partial charge is 0.240 e. The SMILES string of the molecule is COc1ccc2cc(N3CCCNCC3=O)ccc2c1. The molecule has 1 aliphatic heterocycles. The molecule has 1 heterocycles. The molecule has 1 saturated heterocycles. The Morgan fingerprint density at radius 3 is 2.80 bits per heavy atom. The molecule has 20 heavy (non-hydrogen) atoms. The number of ether oxygens (including phenoxy) is 1. The molecule has 0 bridgehead atoms. The molecule has 2 aromatic carbocycles. The second kappa shape index (κ2) is 5.51. The number of carbonyl (C=O) groups excluding carboxylic acids is 1. The summed E-state index contributed by atoms with van der Waals surface area (Å²) in [5, 5.41) is 5.38. The maximum absolute atomic E-state index is 12.1. The summed E-state index contributed by atoms with van der Waals surface area (Å²) in [4.78, 5) is 14.0. The Morgan fingerprint density at radius 2 is 1.95 bits per heavy atom. The third kappa shape index (κ3) is 2.47. The Bertz CT molecular complexity index is 639. The molecular weight excluding hydrogens is 252 g/mol. The molecule has 3 rings (SSSR count). The van der Waals surface area contributed by atoms with Gasteiger partial charge < -0.3 is 15.0 Å². The molecule has 4 heteroatoms. The molecule has 0 atom stereocenters. The van der Waals surface area contributed by atoms with E-state index in [2.05, 4.69) is 11.4 Å². The minimum absolute atomic E-state index is 0.135. The molecule has 2 aromatic rings. The lowest BCUT2D eigenvalue weighted by Gasteiger charge is -2.20. The lowest BCUT2D eigenvalue weighted by Crippen LogP contribution is -2.34. The molecule has 1 aliphatic rings. The average Bonchev–Trinajstić information content (AvgIpc) is 2.70. The van der Waals surface area contributed by atoms with Gasteiger partial charge in [-0.15, -0.1) is 0 Å². The Labute approximate surface area is 118 Å². The maximum atomic E-state index is 12.1. The highest BCUT2D eigenvalue weighted by atomic mass is 16.5. The normalized spacial score (nSPS) is 16.2. The maximum Gasteiger partial charge on any atom is 0.240 e. The molecule has 1 fully saturated rings. The van der Waals surface area contributed by atoms with Gasteiger partial charge in [0.25, 0.3) is 0 Å². The quantitative estimate of drug-likeness (QED) is 0.909. The van der Waals surface area contributed by atoms with Gasteiger partial charge in [0.05, 0.1) is 13.7 Å². The van der Waals surface area contributed by atoms with Crippen LogP contribution in [0.2, 0.25) is 0 Å².